The number of hydrogen-bond donors (Lipinski definition) is 1. The predicted octanol–water partition coefficient (Wildman–Crippen LogP) is 3.70. The zero-order chi connectivity index (χ0) is 21.1. The average molecular weight is 402 g/mol. The Bertz CT molecular complexity index is 1190. The van der Waals surface area contributed by atoms with Crippen molar-refractivity contribution in [1.82, 2.24) is 14.6 Å². The Morgan fingerprint density at radius 3 is 2.53 bits per heavy atom. The summed E-state index contributed by atoms with van der Waals surface area (Å²) in [6, 6.07) is 21.3. The molecule has 0 saturated carbocycles. The van der Waals surface area contributed by atoms with Crippen LogP contribution in [0.25, 0.3) is 10.9 Å². The van der Waals surface area contributed by atoms with E-state index in [9.17, 15) is 9.59 Å². The molecule has 0 saturated heterocycles. The van der Waals surface area contributed by atoms with Crippen LogP contribution in [-0.2, 0) is 11.3 Å². The van der Waals surface area contributed by atoms with E-state index < -0.39 is 0 Å². The van der Waals surface area contributed by atoms with E-state index in [1.165, 1.54) is 4.90 Å². The van der Waals surface area contributed by atoms with Crippen molar-refractivity contribution in [2.24, 2.45) is 0 Å². The molecule has 0 spiro atoms. The number of rotatable bonds is 6. The summed E-state index contributed by atoms with van der Waals surface area (Å²) in [4.78, 5) is 26.9. The second kappa shape index (κ2) is 8.24. The van der Waals surface area contributed by atoms with Crippen LogP contribution in [0.2, 0.25) is 0 Å². The van der Waals surface area contributed by atoms with Gasteiger partial charge in [0.2, 0.25) is 5.91 Å². The average Bonchev–Trinajstić information content (AvgIpc) is 3.31. The number of nitrogens with one attached hydrogen (secondary N) is 1. The van der Waals surface area contributed by atoms with E-state index in [-0.39, 0.29) is 18.4 Å². The lowest BCUT2D eigenvalue weighted by Crippen LogP contribution is -2.36. The summed E-state index contributed by atoms with van der Waals surface area (Å²) in [7, 11) is 1.61. The number of anilines is 1. The van der Waals surface area contributed by atoms with Crippen molar-refractivity contribution < 1.29 is 14.1 Å². The molecular weight excluding hydrogens is 380 g/mol. The molecule has 0 aliphatic rings. The van der Waals surface area contributed by atoms with Crippen molar-refractivity contribution >= 4 is 28.5 Å². The van der Waals surface area contributed by atoms with E-state index in [0.29, 0.717) is 23.8 Å². The minimum Gasteiger partial charge on any atom is -0.360 e. The van der Waals surface area contributed by atoms with Gasteiger partial charge >= 0.3 is 0 Å². The molecule has 1 N–H and O–H groups in total. The molecule has 0 fully saturated rings. The number of para-hydroxylation sites is 1. The molecule has 2 heterocycles. The largest absolute Gasteiger partial charge is 0.360 e. The van der Waals surface area contributed by atoms with E-state index in [2.05, 4.69) is 10.5 Å². The van der Waals surface area contributed by atoms with Crippen LogP contribution in [0.1, 0.15) is 21.8 Å². The summed E-state index contributed by atoms with van der Waals surface area (Å²) in [6.07, 6.45) is 0. The molecule has 0 aliphatic heterocycles. The first-order chi connectivity index (χ1) is 14.5. The Morgan fingerprint density at radius 1 is 1.07 bits per heavy atom. The summed E-state index contributed by atoms with van der Waals surface area (Å²) < 4.78 is 6.93. The zero-order valence-corrected chi connectivity index (χ0v) is 16.8. The number of hydrogen-bond acceptors (Lipinski definition) is 4. The maximum atomic E-state index is 13.2. The van der Waals surface area contributed by atoms with Crippen LogP contribution in [0.4, 0.5) is 5.82 Å². The first-order valence-corrected chi connectivity index (χ1v) is 9.62. The first-order valence-electron chi connectivity index (χ1n) is 9.62. The number of fused-ring (bicyclic) bond motifs is 1. The Hall–Kier alpha value is -3.87. The lowest BCUT2D eigenvalue weighted by Gasteiger charge is -2.18. The van der Waals surface area contributed by atoms with E-state index in [0.717, 1.165) is 16.5 Å². The van der Waals surface area contributed by atoms with Crippen molar-refractivity contribution in [3.05, 3.63) is 83.7 Å². The quantitative estimate of drug-likeness (QED) is 0.533. The fourth-order valence-electron chi connectivity index (χ4n) is 3.41. The highest BCUT2D eigenvalue weighted by atomic mass is 16.5. The SMILES string of the molecule is Cc1cc(NC(=O)CN(C)C(=O)c2cc3ccccc3n2Cc2ccccc2)no1. The lowest BCUT2D eigenvalue weighted by atomic mass is 10.2. The number of aryl methyl sites for hydroxylation is 1. The highest BCUT2D eigenvalue weighted by Gasteiger charge is 2.21. The van der Waals surface area contributed by atoms with Gasteiger partial charge in [-0.3, -0.25) is 9.59 Å². The third-order valence-corrected chi connectivity index (χ3v) is 4.84. The molecule has 0 unspecified atom stereocenters. The monoisotopic (exact) mass is 402 g/mol. The van der Waals surface area contributed by atoms with Gasteiger partial charge in [0.15, 0.2) is 5.82 Å². The summed E-state index contributed by atoms with van der Waals surface area (Å²) in [5.74, 6) is 0.357. The molecule has 2 aromatic carbocycles. The van der Waals surface area contributed by atoms with Crippen molar-refractivity contribution in [2.75, 3.05) is 18.9 Å². The van der Waals surface area contributed by atoms with Gasteiger partial charge in [0, 0.05) is 30.6 Å². The standard InChI is InChI=1S/C23H22N4O3/c1-16-12-21(25-30-16)24-22(28)15-26(2)23(29)20-13-18-10-6-7-11-19(18)27(20)14-17-8-4-3-5-9-17/h3-13H,14-15H2,1-2H3,(H,24,25,28). The highest BCUT2D eigenvalue weighted by Crippen LogP contribution is 2.22. The van der Waals surface area contributed by atoms with Crippen molar-refractivity contribution in [2.45, 2.75) is 13.5 Å². The van der Waals surface area contributed by atoms with Crippen LogP contribution in [0.15, 0.2) is 71.3 Å². The number of amides is 2. The molecule has 4 aromatic rings. The molecule has 4 rings (SSSR count). The normalized spacial score (nSPS) is 10.9. The van der Waals surface area contributed by atoms with Gasteiger partial charge in [0.05, 0.1) is 6.54 Å². The third kappa shape index (κ3) is 4.10. The number of aromatic nitrogens is 2. The van der Waals surface area contributed by atoms with Crippen LogP contribution < -0.4 is 5.32 Å². The van der Waals surface area contributed by atoms with E-state index in [1.807, 2.05) is 65.2 Å². The number of likely N-dealkylation sites (N-methyl/N-ethyl adjacent to an activating group) is 1. The molecule has 152 valence electrons. The molecule has 2 amide bonds. The number of benzene rings is 2. The van der Waals surface area contributed by atoms with Crippen LogP contribution in [0, 0.1) is 6.92 Å². The van der Waals surface area contributed by atoms with Crippen molar-refractivity contribution in [3.8, 4) is 0 Å². The topological polar surface area (TPSA) is 80.4 Å². The van der Waals surface area contributed by atoms with Crippen LogP contribution >= 0.6 is 0 Å². The molecule has 2 aromatic heterocycles. The minimum atomic E-state index is -0.343. The van der Waals surface area contributed by atoms with Gasteiger partial charge < -0.3 is 19.3 Å². The number of nitrogens with zero attached hydrogens (tertiary/aromatic N) is 3. The maximum Gasteiger partial charge on any atom is 0.270 e. The van der Waals surface area contributed by atoms with E-state index in [4.69, 9.17) is 4.52 Å². The Balaban J connectivity index is 1.57. The lowest BCUT2D eigenvalue weighted by molar-refractivity contribution is -0.116. The molecule has 0 aliphatic carbocycles. The third-order valence-electron chi connectivity index (χ3n) is 4.84. The second-order valence-electron chi connectivity index (χ2n) is 7.19. The fourth-order valence-corrected chi connectivity index (χ4v) is 3.41. The van der Waals surface area contributed by atoms with Gasteiger partial charge in [0.25, 0.3) is 5.91 Å². The number of carbonyl (C=O) groups excluding carboxylic acids is 2. The van der Waals surface area contributed by atoms with Crippen LogP contribution in [0.5, 0.6) is 0 Å². The van der Waals surface area contributed by atoms with Gasteiger partial charge in [-0.1, -0.05) is 53.7 Å². The second-order valence-corrected chi connectivity index (χ2v) is 7.19. The molecule has 0 bridgehead atoms. The summed E-state index contributed by atoms with van der Waals surface area (Å²) in [6.45, 7) is 2.20. The van der Waals surface area contributed by atoms with Crippen LogP contribution in [-0.4, -0.2) is 40.0 Å². The Labute approximate surface area is 173 Å². The Kier molecular flexibility index (Phi) is 5.34. The van der Waals surface area contributed by atoms with Gasteiger partial charge in [-0.25, -0.2) is 0 Å². The summed E-state index contributed by atoms with van der Waals surface area (Å²) >= 11 is 0. The molecule has 30 heavy (non-hydrogen) atoms. The van der Waals surface area contributed by atoms with Gasteiger partial charge in [0.1, 0.15) is 11.5 Å². The number of carbonyl (C=O) groups is 2. The summed E-state index contributed by atoms with van der Waals surface area (Å²) in [5, 5.41) is 7.36. The van der Waals surface area contributed by atoms with E-state index >= 15 is 0 Å². The molecule has 7 heteroatoms. The van der Waals surface area contributed by atoms with Crippen molar-refractivity contribution in [3.63, 3.8) is 0 Å². The minimum absolute atomic E-state index is 0.0996. The van der Waals surface area contributed by atoms with Gasteiger partial charge in [-0.2, -0.15) is 0 Å². The molecular formula is C23H22N4O3. The van der Waals surface area contributed by atoms with Crippen molar-refractivity contribution in [1.29, 1.82) is 0 Å². The zero-order valence-electron chi connectivity index (χ0n) is 16.8. The molecule has 0 atom stereocenters. The van der Waals surface area contributed by atoms with Crippen LogP contribution in [0.3, 0.4) is 0 Å². The fraction of sp³-hybridized carbons (Fsp3) is 0.174. The molecule has 7 nitrogen and oxygen atoms in total. The summed E-state index contributed by atoms with van der Waals surface area (Å²) in [5.41, 5.74) is 2.60. The maximum absolute atomic E-state index is 13.2. The first kappa shape index (κ1) is 19.4. The smallest absolute Gasteiger partial charge is 0.270 e. The van der Waals surface area contributed by atoms with E-state index in [1.54, 1.807) is 20.0 Å². The highest BCUT2D eigenvalue weighted by molar-refractivity contribution is 6.01. The van der Waals surface area contributed by atoms with Gasteiger partial charge in [-0.05, 0) is 24.6 Å². The predicted molar refractivity (Wildman–Crippen MR) is 114 cm³/mol. The van der Waals surface area contributed by atoms with Gasteiger partial charge in [-0.15, -0.1) is 0 Å². The molecule has 0 radical (unpaired) electrons. The Morgan fingerprint density at radius 2 is 1.80 bits per heavy atom.